The Morgan fingerprint density at radius 1 is 1.29 bits per heavy atom. The number of piperidine rings is 3. The molecule has 0 saturated carbocycles. The molecule has 4 nitrogen and oxygen atoms in total. The van der Waals surface area contributed by atoms with E-state index in [1.807, 2.05) is 24.3 Å². The SMILES string of the molecule is Cc1cc(Sc2ccc(C(=O)N[C@H]3CN4CCC3CC4)cc2)ns1. The van der Waals surface area contributed by atoms with Crippen LogP contribution in [-0.4, -0.2) is 40.9 Å². The van der Waals surface area contributed by atoms with Crippen LogP contribution in [0.25, 0.3) is 0 Å². The summed E-state index contributed by atoms with van der Waals surface area (Å²) in [5.41, 5.74) is 0.741. The molecule has 1 atom stereocenters. The quantitative estimate of drug-likeness (QED) is 0.908. The molecule has 3 aliphatic rings. The number of fused-ring (bicyclic) bond motifs is 3. The first-order valence-electron chi connectivity index (χ1n) is 8.42. The van der Waals surface area contributed by atoms with E-state index in [-0.39, 0.29) is 5.91 Å². The van der Waals surface area contributed by atoms with Crippen LogP contribution >= 0.6 is 23.3 Å². The van der Waals surface area contributed by atoms with Crippen molar-refractivity contribution >= 4 is 29.2 Å². The Kier molecular flexibility index (Phi) is 4.61. The largest absolute Gasteiger partial charge is 0.348 e. The third-order valence-electron chi connectivity index (χ3n) is 4.92. The number of rotatable bonds is 4. The van der Waals surface area contributed by atoms with Gasteiger partial charge in [-0.3, -0.25) is 4.79 Å². The van der Waals surface area contributed by atoms with Gasteiger partial charge in [0.2, 0.25) is 0 Å². The minimum atomic E-state index is 0.0507. The topological polar surface area (TPSA) is 45.2 Å². The van der Waals surface area contributed by atoms with Gasteiger partial charge in [-0.2, -0.15) is 4.37 Å². The van der Waals surface area contributed by atoms with Crippen molar-refractivity contribution in [1.82, 2.24) is 14.6 Å². The molecule has 3 saturated heterocycles. The molecule has 3 fully saturated rings. The summed E-state index contributed by atoms with van der Waals surface area (Å²) in [6.45, 7) is 5.45. The standard InChI is InChI=1S/C18H21N3OS2/c1-12-10-17(20-24-12)23-15-4-2-14(3-5-15)18(22)19-16-11-21-8-6-13(16)7-9-21/h2-5,10,13,16H,6-9,11H2,1H3,(H,19,22)/t16-/m0/s1. The van der Waals surface area contributed by atoms with E-state index in [2.05, 4.69) is 27.6 Å². The predicted octanol–water partition coefficient (Wildman–Crippen LogP) is 3.43. The van der Waals surface area contributed by atoms with Crippen molar-refractivity contribution in [2.75, 3.05) is 19.6 Å². The lowest BCUT2D eigenvalue weighted by Crippen LogP contribution is -2.57. The van der Waals surface area contributed by atoms with Crippen LogP contribution in [0.5, 0.6) is 0 Å². The second-order valence-corrected chi connectivity index (χ2v) is 8.72. The van der Waals surface area contributed by atoms with E-state index in [9.17, 15) is 4.79 Å². The summed E-state index contributed by atoms with van der Waals surface area (Å²) in [7, 11) is 0. The number of carbonyl (C=O) groups is 1. The maximum atomic E-state index is 12.5. The van der Waals surface area contributed by atoms with Gasteiger partial charge in [0.05, 0.1) is 0 Å². The fourth-order valence-electron chi connectivity index (χ4n) is 3.57. The first-order chi connectivity index (χ1) is 11.7. The molecule has 0 spiro atoms. The maximum absolute atomic E-state index is 12.5. The highest BCUT2D eigenvalue weighted by Crippen LogP contribution is 2.29. The lowest BCUT2D eigenvalue weighted by molar-refractivity contribution is 0.0620. The second kappa shape index (κ2) is 6.86. The number of aromatic nitrogens is 1. The molecule has 2 bridgehead atoms. The Labute approximate surface area is 150 Å². The first kappa shape index (κ1) is 16.1. The Balaban J connectivity index is 1.38. The lowest BCUT2D eigenvalue weighted by atomic mass is 9.84. The number of hydrogen-bond acceptors (Lipinski definition) is 5. The van der Waals surface area contributed by atoms with E-state index in [0.717, 1.165) is 22.0 Å². The van der Waals surface area contributed by atoms with E-state index in [4.69, 9.17) is 0 Å². The van der Waals surface area contributed by atoms with Crippen molar-refractivity contribution in [2.45, 2.75) is 35.7 Å². The van der Waals surface area contributed by atoms with Crippen LogP contribution < -0.4 is 5.32 Å². The zero-order valence-corrected chi connectivity index (χ0v) is 15.3. The van der Waals surface area contributed by atoms with Gasteiger partial charge in [-0.15, -0.1) is 0 Å². The van der Waals surface area contributed by atoms with Crippen LogP contribution in [0.4, 0.5) is 0 Å². The van der Waals surface area contributed by atoms with E-state index >= 15 is 0 Å². The van der Waals surface area contributed by atoms with Gasteiger partial charge in [0.15, 0.2) is 0 Å². The zero-order valence-electron chi connectivity index (χ0n) is 13.7. The Bertz CT molecular complexity index is 720. The third kappa shape index (κ3) is 3.50. The summed E-state index contributed by atoms with van der Waals surface area (Å²) < 4.78 is 4.39. The van der Waals surface area contributed by atoms with E-state index < -0.39 is 0 Å². The fraction of sp³-hybridized carbons (Fsp3) is 0.444. The zero-order chi connectivity index (χ0) is 16.5. The van der Waals surface area contributed by atoms with E-state index in [1.165, 1.54) is 42.3 Å². The molecular weight excluding hydrogens is 338 g/mol. The minimum Gasteiger partial charge on any atom is -0.348 e. The molecule has 1 amide bonds. The highest BCUT2D eigenvalue weighted by molar-refractivity contribution is 7.99. The molecule has 0 radical (unpaired) electrons. The molecule has 126 valence electrons. The van der Waals surface area contributed by atoms with Crippen molar-refractivity contribution in [2.24, 2.45) is 5.92 Å². The van der Waals surface area contributed by atoms with Crippen LogP contribution in [0.1, 0.15) is 28.1 Å². The molecule has 3 aliphatic heterocycles. The third-order valence-corrected chi connectivity index (χ3v) is 6.65. The number of aryl methyl sites for hydroxylation is 1. The second-order valence-electron chi connectivity index (χ2n) is 6.62. The molecule has 1 aromatic heterocycles. The molecule has 5 rings (SSSR count). The number of nitrogens with zero attached hydrogens (tertiary/aromatic N) is 2. The van der Waals surface area contributed by atoms with Crippen LogP contribution in [0.3, 0.4) is 0 Å². The summed E-state index contributed by atoms with van der Waals surface area (Å²) in [5.74, 6) is 0.705. The first-order valence-corrected chi connectivity index (χ1v) is 10.0. The number of benzene rings is 1. The Hall–Kier alpha value is -1.37. The van der Waals surface area contributed by atoms with Crippen molar-refractivity contribution in [3.8, 4) is 0 Å². The van der Waals surface area contributed by atoms with Crippen LogP contribution in [-0.2, 0) is 0 Å². The van der Waals surface area contributed by atoms with E-state index in [0.29, 0.717) is 12.0 Å². The molecule has 2 aromatic rings. The summed E-state index contributed by atoms with van der Waals surface area (Å²) in [6, 6.07) is 10.2. The molecule has 1 aromatic carbocycles. The van der Waals surface area contributed by atoms with Crippen molar-refractivity contribution in [3.63, 3.8) is 0 Å². The lowest BCUT2D eigenvalue weighted by Gasteiger charge is -2.44. The summed E-state index contributed by atoms with van der Waals surface area (Å²) in [5, 5.41) is 4.26. The monoisotopic (exact) mass is 359 g/mol. The van der Waals surface area contributed by atoms with E-state index in [1.54, 1.807) is 11.8 Å². The maximum Gasteiger partial charge on any atom is 0.251 e. The molecule has 6 heteroatoms. The normalized spacial score (nSPS) is 25.6. The summed E-state index contributed by atoms with van der Waals surface area (Å²) >= 11 is 3.15. The van der Waals surface area contributed by atoms with Gasteiger partial charge in [-0.05, 0) is 80.6 Å². The van der Waals surface area contributed by atoms with Crippen LogP contribution in [0.15, 0.2) is 40.3 Å². The van der Waals surface area contributed by atoms with Gasteiger partial charge < -0.3 is 10.2 Å². The van der Waals surface area contributed by atoms with Gasteiger partial charge in [0.1, 0.15) is 5.03 Å². The molecule has 0 aliphatic carbocycles. The number of amides is 1. The Morgan fingerprint density at radius 3 is 2.62 bits per heavy atom. The minimum absolute atomic E-state index is 0.0507. The van der Waals surface area contributed by atoms with Gasteiger partial charge in [-0.1, -0.05) is 11.8 Å². The van der Waals surface area contributed by atoms with Crippen LogP contribution in [0.2, 0.25) is 0 Å². The van der Waals surface area contributed by atoms with Gasteiger partial charge >= 0.3 is 0 Å². The molecule has 4 heterocycles. The number of hydrogen-bond donors (Lipinski definition) is 1. The van der Waals surface area contributed by atoms with Crippen molar-refractivity contribution < 1.29 is 4.79 Å². The molecule has 24 heavy (non-hydrogen) atoms. The molecule has 0 unspecified atom stereocenters. The smallest absolute Gasteiger partial charge is 0.251 e. The number of nitrogens with one attached hydrogen (secondary N) is 1. The number of carbonyl (C=O) groups excluding carboxylic acids is 1. The van der Waals surface area contributed by atoms with Gasteiger partial charge in [0.25, 0.3) is 5.91 Å². The average Bonchev–Trinajstić information content (AvgIpc) is 3.01. The fourth-order valence-corrected chi connectivity index (χ4v) is 5.10. The van der Waals surface area contributed by atoms with Crippen molar-refractivity contribution in [3.05, 3.63) is 40.8 Å². The van der Waals surface area contributed by atoms with Crippen molar-refractivity contribution in [1.29, 1.82) is 0 Å². The molecular formula is C18H21N3OS2. The average molecular weight is 360 g/mol. The predicted molar refractivity (Wildman–Crippen MR) is 97.8 cm³/mol. The Morgan fingerprint density at radius 2 is 2.04 bits per heavy atom. The van der Waals surface area contributed by atoms with Gasteiger partial charge in [0, 0.05) is 27.9 Å². The van der Waals surface area contributed by atoms with Crippen LogP contribution in [0, 0.1) is 12.8 Å². The highest BCUT2D eigenvalue weighted by Gasteiger charge is 2.34. The summed E-state index contributed by atoms with van der Waals surface area (Å²) in [4.78, 5) is 17.3. The highest BCUT2D eigenvalue weighted by atomic mass is 32.2. The van der Waals surface area contributed by atoms with Gasteiger partial charge in [-0.25, -0.2) is 0 Å². The summed E-state index contributed by atoms with van der Waals surface area (Å²) in [6.07, 6.45) is 2.43. The molecule has 1 N–H and O–H groups in total.